The van der Waals surface area contributed by atoms with Gasteiger partial charge in [0.15, 0.2) is 0 Å². The smallest absolute Gasteiger partial charge is 0.252 e. The highest BCUT2D eigenvalue weighted by molar-refractivity contribution is 5.61. The zero-order valence-electron chi connectivity index (χ0n) is 8.32. The second-order valence-electron chi connectivity index (χ2n) is 3.49. The number of aromatic amines is 1. The SMILES string of the molecule is Cc1cccc(-c2cc(O)cc(=O)[nH]2)c1. The third kappa shape index (κ3) is 2.07. The molecule has 0 fully saturated rings. The third-order valence-electron chi connectivity index (χ3n) is 2.16. The molecule has 0 aliphatic heterocycles. The Labute approximate surface area is 87.0 Å². The summed E-state index contributed by atoms with van der Waals surface area (Å²) in [5, 5.41) is 9.30. The molecule has 76 valence electrons. The standard InChI is InChI=1S/C12H11NO2/c1-8-3-2-4-9(5-8)11-6-10(14)7-12(15)13-11/h2-7H,1H3,(H2,13,14,15). The maximum Gasteiger partial charge on any atom is 0.252 e. The van der Waals surface area contributed by atoms with Crippen molar-refractivity contribution in [2.75, 3.05) is 0 Å². The Morgan fingerprint density at radius 1 is 1.20 bits per heavy atom. The van der Waals surface area contributed by atoms with Gasteiger partial charge in [0.25, 0.3) is 5.56 Å². The first-order valence-corrected chi connectivity index (χ1v) is 4.65. The van der Waals surface area contributed by atoms with E-state index in [9.17, 15) is 9.90 Å². The first-order chi connectivity index (χ1) is 7.15. The highest BCUT2D eigenvalue weighted by Gasteiger charge is 2.00. The summed E-state index contributed by atoms with van der Waals surface area (Å²) in [4.78, 5) is 13.8. The molecule has 0 amide bonds. The highest BCUT2D eigenvalue weighted by Crippen LogP contribution is 2.19. The van der Waals surface area contributed by atoms with Gasteiger partial charge < -0.3 is 10.1 Å². The van der Waals surface area contributed by atoms with Crippen LogP contribution in [-0.4, -0.2) is 10.1 Å². The van der Waals surface area contributed by atoms with Crippen LogP contribution in [0.4, 0.5) is 0 Å². The van der Waals surface area contributed by atoms with E-state index in [-0.39, 0.29) is 11.3 Å². The van der Waals surface area contributed by atoms with Gasteiger partial charge in [-0.1, -0.05) is 23.8 Å². The lowest BCUT2D eigenvalue weighted by molar-refractivity contribution is 0.474. The van der Waals surface area contributed by atoms with E-state index in [0.717, 1.165) is 17.2 Å². The number of pyridine rings is 1. The Hall–Kier alpha value is -2.03. The van der Waals surface area contributed by atoms with E-state index < -0.39 is 0 Å². The molecule has 0 radical (unpaired) electrons. The molecule has 0 aliphatic rings. The minimum absolute atomic E-state index is 0.0183. The topological polar surface area (TPSA) is 53.1 Å². The van der Waals surface area contributed by atoms with Crippen LogP contribution < -0.4 is 5.56 Å². The molecule has 0 atom stereocenters. The van der Waals surface area contributed by atoms with Crippen molar-refractivity contribution in [2.24, 2.45) is 0 Å². The summed E-state index contributed by atoms with van der Waals surface area (Å²) in [7, 11) is 0. The van der Waals surface area contributed by atoms with Gasteiger partial charge in [-0.2, -0.15) is 0 Å². The molecule has 1 aromatic carbocycles. The predicted octanol–water partition coefficient (Wildman–Crippen LogP) is 2.06. The highest BCUT2D eigenvalue weighted by atomic mass is 16.3. The average molecular weight is 201 g/mol. The quantitative estimate of drug-likeness (QED) is 0.742. The lowest BCUT2D eigenvalue weighted by Crippen LogP contribution is -2.04. The first-order valence-electron chi connectivity index (χ1n) is 4.65. The van der Waals surface area contributed by atoms with E-state index >= 15 is 0 Å². The van der Waals surface area contributed by atoms with E-state index in [4.69, 9.17) is 0 Å². The van der Waals surface area contributed by atoms with Gasteiger partial charge in [0.1, 0.15) is 5.75 Å². The molecule has 1 aromatic heterocycles. The molecule has 0 spiro atoms. The van der Waals surface area contributed by atoms with E-state index in [1.807, 2.05) is 31.2 Å². The molecule has 0 saturated heterocycles. The summed E-state index contributed by atoms with van der Waals surface area (Å²) < 4.78 is 0. The van der Waals surface area contributed by atoms with Gasteiger partial charge in [-0.25, -0.2) is 0 Å². The molecule has 0 saturated carbocycles. The van der Waals surface area contributed by atoms with Crippen molar-refractivity contribution in [3.8, 4) is 17.0 Å². The Balaban J connectivity index is 2.59. The molecule has 3 heteroatoms. The van der Waals surface area contributed by atoms with Gasteiger partial charge in [-0.05, 0) is 18.6 Å². The van der Waals surface area contributed by atoms with Crippen LogP contribution in [0.25, 0.3) is 11.3 Å². The third-order valence-corrected chi connectivity index (χ3v) is 2.16. The van der Waals surface area contributed by atoms with Crippen LogP contribution in [-0.2, 0) is 0 Å². The molecular formula is C12H11NO2. The number of aryl methyl sites for hydroxylation is 1. The molecule has 0 bridgehead atoms. The molecule has 2 N–H and O–H groups in total. The van der Waals surface area contributed by atoms with Crippen molar-refractivity contribution in [1.29, 1.82) is 0 Å². The molecule has 0 aliphatic carbocycles. The number of rotatable bonds is 1. The van der Waals surface area contributed by atoms with Crippen LogP contribution in [0.3, 0.4) is 0 Å². The zero-order valence-corrected chi connectivity index (χ0v) is 8.32. The fourth-order valence-corrected chi connectivity index (χ4v) is 1.50. The minimum atomic E-state index is -0.300. The minimum Gasteiger partial charge on any atom is -0.508 e. The Bertz CT molecular complexity index is 543. The van der Waals surface area contributed by atoms with Crippen molar-refractivity contribution < 1.29 is 5.11 Å². The monoisotopic (exact) mass is 201 g/mol. The Morgan fingerprint density at radius 2 is 2.00 bits per heavy atom. The Morgan fingerprint density at radius 3 is 2.67 bits per heavy atom. The van der Waals surface area contributed by atoms with Crippen molar-refractivity contribution in [3.05, 3.63) is 52.3 Å². The summed E-state index contributed by atoms with van der Waals surface area (Å²) in [5.41, 5.74) is 2.33. The second kappa shape index (κ2) is 3.61. The fraction of sp³-hybridized carbons (Fsp3) is 0.0833. The molecule has 2 rings (SSSR count). The molecular weight excluding hydrogens is 190 g/mol. The van der Waals surface area contributed by atoms with Crippen LogP contribution in [0.15, 0.2) is 41.2 Å². The zero-order chi connectivity index (χ0) is 10.8. The number of aromatic nitrogens is 1. The molecule has 15 heavy (non-hydrogen) atoms. The molecule has 1 heterocycles. The molecule has 3 nitrogen and oxygen atoms in total. The average Bonchev–Trinajstić information content (AvgIpc) is 2.16. The lowest BCUT2D eigenvalue weighted by Gasteiger charge is -2.02. The summed E-state index contributed by atoms with van der Waals surface area (Å²) >= 11 is 0. The number of benzene rings is 1. The largest absolute Gasteiger partial charge is 0.508 e. The fourth-order valence-electron chi connectivity index (χ4n) is 1.50. The van der Waals surface area contributed by atoms with Crippen LogP contribution in [0.5, 0.6) is 5.75 Å². The van der Waals surface area contributed by atoms with Gasteiger partial charge in [-0.3, -0.25) is 4.79 Å². The van der Waals surface area contributed by atoms with E-state index in [2.05, 4.69) is 4.98 Å². The second-order valence-corrected chi connectivity index (χ2v) is 3.49. The number of aromatic hydroxyl groups is 1. The first kappa shape index (κ1) is 9.52. The normalized spacial score (nSPS) is 10.2. The van der Waals surface area contributed by atoms with Gasteiger partial charge in [-0.15, -0.1) is 0 Å². The molecule has 0 unspecified atom stereocenters. The number of H-pyrrole nitrogens is 1. The maximum atomic E-state index is 11.2. The van der Waals surface area contributed by atoms with Gasteiger partial charge >= 0.3 is 0 Å². The number of hydrogen-bond acceptors (Lipinski definition) is 2. The summed E-state index contributed by atoms with van der Waals surface area (Å²) in [5.74, 6) is -0.0183. The molecule has 2 aromatic rings. The van der Waals surface area contributed by atoms with Gasteiger partial charge in [0.05, 0.1) is 5.69 Å². The van der Waals surface area contributed by atoms with Crippen LogP contribution in [0.2, 0.25) is 0 Å². The summed E-state index contributed by atoms with van der Waals surface area (Å²) in [6.45, 7) is 1.98. The van der Waals surface area contributed by atoms with Gasteiger partial charge in [0.2, 0.25) is 0 Å². The van der Waals surface area contributed by atoms with Crippen molar-refractivity contribution in [3.63, 3.8) is 0 Å². The van der Waals surface area contributed by atoms with Crippen LogP contribution in [0, 0.1) is 6.92 Å². The maximum absolute atomic E-state index is 11.2. The van der Waals surface area contributed by atoms with Crippen molar-refractivity contribution >= 4 is 0 Å². The summed E-state index contributed by atoms with van der Waals surface area (Å²) in [6.07, 6.45) is 0. The van der Waals surface area contributed by atoms with E-state index in [1.54, 1.807) is 0 Å². The number of nitrogens with one attached hydrogen (secondary N) is 1. The van der Waals surface area contributed by atoms with E-state index in [0.29, 0.717) is 5.69 Å². The van der Waals surface area contributed by atoms with Crippen molar-refractivity contribution in [2.45, 2.75) is 6.92 Å². The van der Waals surface area contributed by atoms with Crippen LogP contribution >= 0.6 is 0 Å². The van der Waals surface area contributed by atoms with E-state index in [1.165, 1.54) is 6.07 Å². The lowest BCUT2D eigenvalue weighted by atomic mass is 10.1. The predicted molar refractivity (Wildman–Crippen MR) is 58.9 cm³/mol. The summed E-state index contributed by atoms with van der Waals surface area (Å²) in [6, 6.07) is 10.4. The van der Waals surface area contributed by atoms with Crippen molar-refractivity contribution in [1.82, 2.24) is 4.98 Å². The van der Waals surface area contributed by atoms with Crippen LogP contribution in [0.1, 0.15) is 5.56 Å². The Kier molecular flexibility index (Phi) is 2.29. The van der Waals surface area contributed by atoms with Gasteiger partial charge in [0, 0.05) is 12.1 Å². The number of hydrogen-bond donors (Lipinski definition) is 2.